The number of carbonyl (C=O) groups excluding carboxylic acids is 2. The van der Waals surface area contributed by atoms with Gasteiger partial charge in [-0.3, -0.25) is 14.4 Å². The van der Waals surface area contributed by atoms with E-state index in [0.717, 1.165) is 16.2 Å². The van der Waals surface area contributed by atoms with Gasteiger partial charge in [0, 0.05) is 0 Å². The molecule has 0 aromatic heterocycles. The van der Waals surface area contributed by atoms with Gasteiger partial charge >= 0.3 is 0 Å². The Kier molecular flexibility index (Phi) is 6.05. The molecule has 4 rings (SSSR count). The third-order valence-electron chi connectivity index (χ3n) is 5.28. The van der Waals surface area contributed by atoms with Gasteiger partial charge < -0.3 is 9.47 Å². The van der Waals surface area contributed by atoms with Gasteiger partial charge in [0.05, 0.1) is 25.4 Å². The SMILES string of the molecule is COc1ccc(C2=C(c3ccc(OC)cc3)C(=O)N(OCc3ccc(C)cc3)C2=O)cc1. The summed E-state index contributed by atoms with van der Waals surface area (Å²) in [6, 6.07) is 21.8. The maximum atomic E-state index is 13.3. The van der Waals surface area contributed by atoms with E-state index in [1.54, 1.807) is 62.8 Å². The van der Waals surface area contributed by atoms with E-state index >= 15 is 0 Å². The van der Waals surface area contributed by atoms with Crippen molar-refractivity contribution in [3.63, 3.8) is 0 Å². The summed E-state index contributed by atoms with van der Waals surface area (Å²) in [6.07, 6.45) is 0. The van der Waals surface area contributed by atoms with E-state index in [0.29, 0.717) is 22.6 Å². The standard InChI is InChI=1S/C26H23NO5/c1-17-4-6-18(7-5-17)16-32-27-25(28)23(19-8-12-21(30-2)13-9-19)24(26(27)29)20-10-14-22(31-3)15-11-20/h4-15H,16H2,1-3H3. The van der Waals surface area contributed by atoms with Crippen molar-refractivity contribution >= 4 is 23.0 Å². The van der Waals surface area contributed by atoms with Gasteiger partial charge in [-0.1, -0.05) is 54.1 Å². The molecule has 1 aliphatic heterocycles. The Morgan fingerprint density at radius 2 is 1.09 bits per heavy atom. The summed E-state index contributed by atoms with van der Waals surface area (Å²) in [7, 11) is 3.14. The lowest BCUT2D eigenvalue weighted by Gasteiger charge is -2.15. The minimum atomic E-state index is -0.502. The molecule has 6 heteroatoms. The molecule has 0 N–H and O–H groups in total. The molecule has 6 nitrogen and oxygen atoms in total. The summed E-state index contributed by atoms with van der Waals surface area (Å²) in [5, 5.41) is 0.846. The van der Waals surface area contributed by atoms with Crippen LogP contribution in [0.3, 0.4) is 0 Å². The molecule has 1 heterocycles. The molecule has 0 radical (unpaired) electrons. The quantitative estimate of drug-likeness (QED) is 0.520. The number of aryl methyl sites for hydroxylation is 1. The molecule has 0 fully saturated rings. The van der Waals surface area contributed by atoms with Gasteiger partial charge in [0.1, 0.15) is 18.1 Å². The molecule has 2 amide bonds. The second-order valence-corrected chi connectivity index (χ2v) is 7.37. The van der Waals surface area contributed by atoms with E-state index in [1.807, 2.05) is 31.2 Å². The first-order chi connectivity index (χ1) is 15.5. The normalized spacial score (nSPS) is 13.7. The summed E-state index contributed by atoms with van der Waals surface area (Å²) in [5.74, 6) is 0.311. The van der Waals surface area contributed by atoms with E-state index in [4.69, 9.17) is 14.3 Å². The highest BCUT2D eigenvalue weighted by molar-refractivity contribution is 6.48. The molecule has 3 aromatic carbocycles. The van der Waals surface area contributed by atoms with Gasteiger partial charge in [0.25, 0.3) is 11.8 Å². The smallest absolute Gasteiger partial charge is 0.286 e. The van der Waals surface area contributed by atoms with Gasteiger partial charge in [-0.2, -0.15) is 0 Å². The second kappa shape index (κ2) is 9.08. The number of hydrogen-bond donors (Lipinski definition) is 0. The molecular formula is C26H23NO5. The number of methoxy groups -OCH3 is 2. The van der Waals surface area contributed by atoms with Crippen LogP contribution in [0.2, 0.25) is 0 Å². The van der Waals surface area contributed by atoms with E-state index in [9.17, 15) is 9.59 Å². The monoisotopic (exact) mass is 429 g/mol. The van der Waals surface area contributed by atoms with Crippen molar-refractivity contribution in [1.82, 2.24) is 5.06 Å². The number of ether oxygens (including phenoxy) is 2. The van der Waals surface area contributed by atoms with Crippen molar-refractivity contribution in [2.45, 2.75) is 13.5 Å². The summed E-state index contributed by atoms with van der Waals surface area (Å²) in [5.41, 5.74) is 3.76. The second-order valence-electron chi connectivity index (χ2n) is 7.37. The third-order valence-corrected chi connectivity index (χ3v) is 5.28. The summed E-state index contributed by atoms with van der Waals surface area (Å²) in [4.78, 5) is 32.3. The molecule has 0 spiro atoms. The van der Waals surface area contributed by atoms with Crippen LogP contribution >= 0.6 is 0 Å². The van der Waals surface area contributed by atoms with Crippen molar-refractivity contribution in [2.75, 3.05) is 14.2 Å². The number of rotatable bonds is 7. The number of carbonyl (C=O) groups is 2. The van der Waals surface area contributed by atoms with E-state index in [-0.39, 0.29) is 17.8 Å². The molecule has 3 aromatic rings. The van der Waals surface area contributed by atoms with Crippen molar-refractivity contribution in [2.24, 2.45) is 0 Å². The van der Waals surface area contributed by atoms with Crippen LogP contribution in [-0.4, -0.2) is 31.1 Å². The number of benzene rings is 3. The molecule has 1 aliphatic rings. The van der Waals surface area contributed by atoms with Crippen molar-refractivity contribution in [1.29, 1.82) is 0 Å². The summed E-state index contributed by atoms with van der Waals surface area (Å²) in [6.45, 7) is 2.09. The highest BCUT2D eigenvalue weighted by Gasteiger charge is 2.40. The molecule has 0 atom stereocenters. The van der Waals surface area contributed by atoms with E-state index in [1.165, 1.54) is 0 Å². The van der Waals surface area contributed by atoms with E-state index in [2.05, 4.69) is 0 Å². The molecular weight excluding hydrogens is 406 g/mol. The molecule has 0 aliphatic carbocycles. The van der Waals surface area contributed by atoms with Crippen LogP contribution in [0.1, 0.15) is 22.3 Å². The first-order valence-corrected chi connectivity index (χ1v) is 10.1. The zero-order valence-electron chi connectivity index (χ0n) is 18.1. The fourth-order valence-corrected chi connectivity index (χ4v) is 3.50. The predicted molar refractivity (Wildman–Crippen MR) is 121 cm³/mol. The van der Waals surface area contributed by atoms with Gasteiger partial charge in [-0.05, 0) is 47.9 Å². The maximum absolute atomic E-state index is 13.3. The van der Waals surface area contributed by atoms with Crippen LogP contribution in [0.15, 0.2) is 72.8 Å². The van der Waals surface area contributed by atoms with Crippen LogP contribution in [0.25, 0.3) is 11.1 Å². The third kappa shape index (κ3) is 4.13. The lowest BCUT2D eigenvalue weighted by atomic mass is 9.96. The molecule has 0 unspecified atom stereocenters. The van der Waals surface area contributed by atoms with Crippen LogP contribution in [0.5, 0.6) is 11.5 Å². The van der Waals surface area contributed by atoms with Crippen LogP contribution in [-0.2, 0) is 21.0 Å². The average molecular weight is 429 g/mol. The van der Waals surface area contributed by atoms with Gasteiger partial charge in [-0.15, -0.1) is 5.06 Å². The van der Waals surface area contributed by atoms with Crippen molar-refractivity contribution < 1.29 is 23.9 Å². The number of nitrogens with zero attached hydrogens (tertiary/aromatic N) is 1. The summed E-state index contributed by atoms with van der Waals surface area (Å²) >= 11 is 0. The Bertz CT molecular complexity index is 1090. The minimum absolute atomic E-state index is 0.101. The van der Waals surface area contributed by atoms with Crippen LogP contribution < -0.4 is 9.47 Å². The molecule has 32 heavy (non-hydrogen) atoms. The zero-order chi connectivity index (χ0) is 22.7. The first-order valence-electron chi connectivity index (χ1n) is 10.1. The minimum Gasteiger partial charge on any atom is -0.497 e. The summed E-state index contributed by atoms with van der Waals surface area (Å²) < 4.78 is 10.4. The Hall–Kier alpha value is -3.90. The zero-order valence-corrected chi connectivity index (χ0v) is 18.1. The molecule has 162 valence electrons. The topological polar surface area (TPSA) is 65.1 Å². The van der Waals surface area contributed by atoms with Gasteiger partial charge in [-0.25, -0.2) is 0 Å². The number of hydrogen-bond acceptors (Lipinski definition) is 5. The molecule has 0 saturated carbocycles. The van der Waals surface area contributed by atoms with Gasteiger partial charge in [0.15, 0.2) is 0 Å². The number of amides is 2. The Morgan fingerprint density at radius 1 is 0.656 bits per heavy atom. The molecule has 0 bridgehead atoms. The lowest BCUT2D eigenvalue weighted by molar-refractivity contribution is -0.188. The maximum Gasteiger partial charge on any atom is 0.286 e. The fourth-order valence-electron chi connectivity index (χ4n) is 3.50. The fraction of sp³-hybridized carbons (Fsp3) is 0.154. The van der Waals surface area contributed by atoms with Crippen molar-refractivity contribution in [3.8, 4) is 11.5 Å². The highest BCUT2D eigenvalue weighted by Crippen LogP contribution is 2.37. The lowest BCUT2D eigenvalue weighted by Crippen LogP contribution is -2.31. The van der Waals surface area contributed by atoms with Crippen LogP contribution in [0.4, 0.5) is 0 Å². The highest BCUT2D eigenvalue weighted by atomic mass is 16.7. The largest absolute Gasteiger partial charge is 0.497 e. The Balaban J connectivity index is 1.70. The van der Waals surface area contributed by atoms with Crippen molar-refractivity contribution in [3.05, 3.63) is 95.1 Å². The Labute approximate surface area is 186 Å². The average Bonchev–Trinajstić information content (AvgIpc) is 3.08. The van der Waals surface area contributed by atoms with Gasteiger partial charge in [0.2, 0.25) is 0 Å². The molecule has 0 saturated heterocycles. The number of imide groups is 1. The van der Waals surface area contributed by atoms with Crippen LogP contribution in [0, 0.1) is 6.92 Å². The predicted octanol–water partition coefficient (Wildman–Crippen LogP) is 4.42. The number of hydroxylamine groups is 2. The Morgan fingerprint density at radius 3 is 1.50 bits per heavy atom. The van der Waals surface area contributed by atoms with E-state index < -0.39 is 11.8 Å². The first kappa shape index (κ1) is 21.3.